The van der Waals surface area contributed by atoms with Crippen molar-refractivity contribution in [2.45, 2.75) is 35.1 Å². The van der Waals surface area contributed by atoms with Crippen molar-refractivity contribution in [1.29, 1.82) is 0 Å². The van der Waals surface area contributed by atoms with Gasteiger partial charge in [-0.05, 0) is 17.2 Å². The van der Waals surface area contributed by atoms with E-state index in [-0.39, 0.29) is 12.1 Å². The first-order chi connectivity index (χ1) is 8.38. The number of rotatable bonds is 1. The molecule has 0 atom stereocenters. The maximum atomic E-state index is 3.53. The van der Waals surface area contributed by atoms with Crippen LogP contribution < -0.4 is 0 Å². The van der Waals surface area contributed by atoms with Crippen molar-refractivity contribution in [3.8, 4) is 11.1 Å². The summed E-state index contributed by atoms with van der Waals surface area (Å²) in [7, 11) is 0. The molecule has 0 aromatic heterocycles. The van der Waals surface area contributed by atoms with E-state index < -0.39 is 0 Å². The summed E-state index contributed by atoms with van der Waals surface area (Å²) < 4.78 is 1.14. The molecule has 0 amide bonds. The molecule has 0 spiro atoms. The van der Waals surface area contributed by atoms with Crippen LogP contribution in [0.15, 0.2) is 59.1 Å². The normalized spacial score (nSPS) is 7.42. The molecule has 0 aliphatic carbocycles. The highest BCUT2D eigenvalue weighted by Gasteiger charge is 1.99. The van der Waals surface area contributed by atoms with Gasteiger partial charge in [-0.15, -0.1) is 0 Å². The fourth-order valence-corrected chi connectivity index (χ4v) is 1.83. The van der Waals surface area contributed by atoms with Crippen molar-refractivity contribution in [3.63, 3.8) is 0 Å². The van der Waals surface area contributed by atoms with Gasteiger partial charge in [0.05, 0.1) is 0 Å². The molecule has 2 rings (SSSR count). The van der Waals surface area contributed by atoms with Crippen LogP contribution in [0, 0.1) is 0 Å². The third-order valence-electron chi connectivity index (χ3n) is 1.96. The first-order valence-electron chi connectivity index (χ1n) is 6.18. The molecule has 0 bridgehead atoms. The fraction of sp³-hybridized carbons (Fsp3) is 0.294. The molecule has 2 heteroatoms. The van der Waals surface area contributed by atoms with Gasteiger partial charge in [-0.1, -0.05) is 99.6 Å². The Morgan fingerprint density at radius 3 is 1.58 bits per heavy atom. The van der Waals surface area contributed by atoms with Gasteiger partial charge in [0, 0.05) is 4.47 Å². The van der Waals surface area contributed by atoms with Crippen molar-refractivity contribution >= 4 is 15.9 Å². The Labute approximate surface area is 126 Å². The Morgan fingerprint density at radius 2 is 1.11 bits per heavy atom. The van der Waals surface area contributed by atoms with E-state index in [0.29, 0.717) is 0 Å². The second-order valence-corrected chi connectivity index (χ2v) is 3.70. The van der Waals surface area contributed by atoms with Crippen molar-refractivity contribution in [3.05, 3.63) is 59.1 Å². The molecular formula is C17H26BrF. The Kier molecular flexibility index (Phi) is 18.0. The van der Waals surface area contributed by atoms with Gasteiger partial charge in [-0.25, -0.2) is 0 Å². The van der Waals surface area contributed by atoms with Crippen LogP contribution in [0.4, 0.5) is 4.70 Å². The summed E-state index contributed by atoms with van der Waals surface area (Å²) in [5, 5.41) is 0. The molecule has 0 aliphatic rings. The Bertz CT molecular complexity index is 399. The van der Waals surface area contributed by atoms with Crippen LogP contribution in [-0.4, -0.2) is 0 Å². The summed E-state index contributed by atoms with van der Waals surface area (Å²) in [4.78, 5) is 0. The Morgan fingerprint density at radius 1 is 0.684 bits per heavy atom. The quantitative estimate of drug-likeness (QED) is 0.530. The molecular weight excluding hydrogens is 303 g/mol. The van der Waals surface area contributed by atoms with Gasteiger partial charge in [-0.3, -0.25) is 4.70 Å². The second kappa shape index (κ2) is 14.9. The van der Waals surface area contributed by atoms with E-state index in [1.807, 2.05) is 45.9 Å². The molecule has 108 valence electrons. The van der Waals surface area contributed by atoms with Gasteiger partial charge in [0.15, 0.2) is 0 Å². The SMILES string of the molecule is Brc1ccccc1-c1ccccc1.C.CC.CC.F. The molecule has 2 aromatic rings. The number of halogens is 2. The van der Waals surface area contributed by atoms with Crippen LogP contribution in [0.25, 0.3) is 11.1 Å². The maximum Gasteiger partial charge on any atom is 0.0253 e. The van der Waals surface area contributed by atoms with Crippen molar-refractivity contribution < 1.29 is 4.70 Å². The van der Waals surface area contributed by atoms with Crippen LogP contribution in [0.2, 0.25) is 0 Å². The minimum absolute atomic E-state index is 0. The average Bonchev–Trinajstić information content (AvgIpc) is 2.45. The van der Waals surface area contributed by atoms with Crippen LogP contribution in [0.3, 0.4) is 0 Å². The van der Waals surface area contributed by atoms with E-state index in [0.717, 1.165) is 4.47 Å². The fourth-order valence-electron chi connectivity index (χ4n) is 1.31. The zero-order valence-corrected chi connectivity index (χ0v) is 13.1. The summed E-state index contributed by atoms with van der Waals surface area (Å²) in [6.45, 7) is 8.00. The lowest BCUT2D eigenvalue weighted by molar-refractivity contribution is 1.11. The highest BCUT2D eigenvalue weighted by molar-refractivity contribution is 9.10. The molecule has 0 nitrogen and oxygen atoms in total. The van der Waals surface area contributed by atoms with E-state index in [2.05, 4.69) is 52.3 Å². The first kappa shape index (κ1) is 23.0. The van der Waals surface area contributed by atoms with Crippen LogP contribution in [-0.2, 0) is 0 Å². The zero-order chi connectivity index (χ0) is 13.1. The predicted octanol–water partition coefficient (Wildman–Crippen LogP) is 6.96. The molecule has 0 N–H and O–H groups in total. The standard InChI is InChI=1S/C12H9Br.2C2H6.CH4.FH/c13-12-9-5-4-8-11(12)10-6-2-1-3-7-10;2*1-2;;/h1-9H;2*1-2H3;1H4;1H. The maximum absolute atomic E-state index is 3.53. The molecule has 19 heavy (non-hydrogen) atoms. The van der Waals surface area contributed by atoms with Crippen LogP contribution >= 0.6 is 15.9 Å². The predicted molar refractivity (Wildman–Crippen MR) is 91.5 cm³/mol. The second-order valence-electron chi connectivity index (χ2n) is 2.85. The molecule has 0 saturated carbocycles. The molecule has 0 radical (unpaired) electrons. The highest BCUT2D eigenvalue weighted by Crippen LogP contribution is 2.27. The lowest BCUT2D eigenvalue weighted by atomic mass is 10.1. The number of hydrogen-bond donors (Lipinski definition) is 0. The third kappa shape index (κ3) is 7.78. The zero-order valence-electron chi connectivity index (χ0n) is 11.5. The van der Waals surface area contributed by atoms with Gasteiger partial charge in [-0.2, -0.15) is 0 Å². The van der Waals surface area contributed by atoms with Gasteiger partial charge in [0.2, 0.25) is 0 Å². The van der Waals surface area contributed by atoms with E-state index in [4.69, 9.17) is 0 Å². The van der Waals surface area contributed by atoms with Gasteiger partial charge >= 0.3 is 0 Å². The Hall–Kier alpha value is -1.15. The van der Waals surface area contributed by atoms with Gasteiger partial charge < -0.3 is 0 Å². The van der Waals surface area contributed by atoms with E-state index in [9.17, 15) is 0 Å². The molecule has 0 aliphatic heterocycles. The van der Waals surface area contributed by atoms with E-state index in [1.165, 1.54) is 11.1 Å². The summed E-state index contributed by atoms with van der Waals surface area (Å²) in [5.74, 6) is 0. The summed E-state index contributed by atoms with van der Waals surface area (Å²) in [6.07, 6.45) is 0. The minimum atomic E-state index is 0. The number of benzene rings is 2. The average molecular weight is 329 g/mol. The minimum Gasteiger partial charge on any atom is -0.269 e. The highest BCUT2D eigenvalue weighted by atomic mass is 79.9. The molecule has 0 saturated heterocycles. The molecule has 0 heterocycles. The summed E-state index contributed by atoms with van der Waals surface area (Å²) >= 11 is 3.53. The van der Waals surface area contributed by atoms with Crippen molar-refractivity contribution in [2.24, 2.45) is 0 Å². The van der Waals surface area contributed by atoms with Crippen molar-refractivity contribution in [2.75, 3.05) is 0 Å². The summed E-state index contributed by atoms with van der Waals surface area (Å²) in [5.41, 5.74) is 2.48. The monoisotopic (exact) mass is 328 g/mol. The smallest absolute Gasteiger partial charge is 0.0253 e. The molecule has 0 fully saturated rings. The van der Waals surface area contributed by atoms with Crippen LogP contribution in [0.5, 0.6) is 0 Å². The third-order valence-corrected chi connectivity index (χ3v) is 2.65. The van der Waals surface area contributed by atoms with E-state index in [1.54, 1.807) is 0 Å². The van der Waals surface area contributed by atoms with E-state index >= 15 is 0 Å². The molecule has 0 unspecified atom stereocenters. The summed E-state index contributed by atoms with van der Waals surface area (Å²) in [6, 6.07) is 18.6. The lowest BCUT2D eigenvalue weighted by Gasteiger charge is -2.02. The lowest BCUT2D eigenvalue weighted by Crippen LogP contribution is -1.77. The van der Waals surface area contributed by atoms with Crippen LogP contribution in [0.1, 0.15) is 35.1 Å². The topological polar surface area (TPSA) is 0 Å². The van der Waals surface area contributed by atoms with Gasteiger partial charge in [0.1, 0.15) is 0 Å². The van der Waals surface area contributed by atoms with Gasteiger partial charge in [0.25, 0.3) is 0 Å². The largest absolute Gasteiger partial charge is 0.269 e. The molecule has 2 aromatic carbocycles. The number of hydrogen-bond acceptors (Lipinski definition) is 0. The Balaban J connectivity index is -0.000000392. The van der Waals surface area contributed by atoms with Crippen molar-refractivity contribution in [1.82, 2.24) is 0 Å². The first-order valence-corrected chi connectivity index (χ1v) is 6.97.